The molecule has 1 N–H and O–H groups in total. The third kappa shape index (κ3) is 3.97. The van der Waals surface area contributed by atoms with Gasteiger partial charge >= 0.3 is 5.97 Å². The first-order valence-corrected chi connectivity index (χ1v) is 9.31. The normalized spacial score (nSPS) is 15.3. The van der Waals surface area contributed by atoms with Gasteiger partial charge in [0.2, 0.25) is 5.91 Å². The van der Waals surface area contributed by atoms with Crippen LogP contribution in [0.1, 0.15) is 25.5 Å². The van der Waals surface area contributed by atoms with Crippen LogP contribution in [0.4, 0.5) is 0 Å². The van der Waals surface area contributed by atoms with Crippen molar-refractivity contribution in [1.29, 1.82) is 0 Å². The van der Waals surface area contributed by atoms with Crippen molar-refractivity contribution < 1.29 is 14.7 Å². The highest BCUT2D eigenvalue weighted by Crippen LogP contribution is 2.30. The standard InChI is InChI=1S/C16H18N2O3S2/c1-10(16(20)21)8-18(12-4-5-12)14(19)7-11-9-23-15(17-11)13-3-2-6-22-13/h2-3,6,9-10,12H,4-5,7-8H2,1H3,(H,20,21). The number of hydrogen-bond donors (Lipinski definition) is 1. The van der Waals surface area contributed by atoms with Crippen molar-refractivity contribution in [2.45, 2.75) is 32.2 Å². The van der Waals surface area contributed by atoms with Gasteiger partial charge in [-0.15, -0.1) is 22.7 Å². The predicted octanol–water partition coefficient (Wildman–Crippen LogP) is 3.13. The number of aliphatic carboxylic acids is 1. The van der Waals surface area contributed by atoms with Crippen LogP contribution < -0.4 is 0 Å². The van der Waals surface area contributed by atoms with Crippen LogP contribution in [-0.4, -0.2) is 39.5 Å². The fourth-order valence-electron chi connectivity index (χ4n) is 2.37. The number of thiazole rings is 1. The lowest BCUT2D eigenvalue weighted by Crippen LogP contribution is -2.39. The summed E-state index contributed by atoms with van der Waals surface area (Å²) < 4.78 is 0. The molecule has 1 aliphatic rings. The van der Waals surface area contributed by atoms with E-state index in [9.17, 15) is 9.59 Å². The Bertz CT molecular complexity index is 692. The van der Waals surface area contributed by atoms with Gasteiger partial charge in [-0.2, -0.15) is 0 Å². The molecule has 23 heavy (non-hydrogen) atoms. The molecule has 1 fully saturated rings. The van der Waals surface area contributed by atoms with E-state index >= 15 is 0 Å². The largest absolute Gasteiger partial charge is 0.481 e. The van der Waals surface area contributed by atoms with Crippen molar-refractivity contribution in [2.75, 3.05) is 6.54 Å². The molecule has 0 saturated heterocycles. The van der Waals surface area contributed by atoms with Crippen molar-refractivity contribution in [3.8, 4) is 9.88 Å². The lowest BCUT2D eigenvalue weighted by molar-refractivity contribution is -0.143. The van der Waals surface area contributed by atoms with E-state index in [0.717, 1.165) is 28.4 Å². The quantitative estimate of drug-likeness (QED) is 0.833. The molecular formula is C16H18N2O3S2. The van der Waals surface area contributed by atoms with Crippen LogP contribution >= 0.6 is 22.7 Å². The number of hydrogen-bond acceptors (Lipinski definition) is 5. The zero-order valence-corrected chi connectivity index (χ0v) is 14.4. The van der Waals surface area contributed by atoms with Gasteiger partial charge in [-0.05, 0) is 24.3 Å². The van der Waals surface area contributed by atoms with Gasteiger partial charge < -0.3 is 10.0 Å². The number of rotatable bonds is 7. The summed E-state index contributed by atoms with van der Waals surface area (Å²) in [6, 6.07) is 4.20. The van der Waals surface area contributed by atoms with Crippen LogP contribution in [0.3, 0.4) is 0 Å². The monoisotopic (exact) mass is 350 g/mol. The Kier molecular flexibility index (Phi) is 4.77. The second-order valence-corrected chi connectivity index (χ2v) is 7.62. The summed E-state index contributed by atoms with van der Waals surface area (Å²) in [6.45, 7) is 1.92. The van der Waals surface area contributed by atoms with Gasteiger partial charge in [-0.3, -0.25) is 9.59 Å². The highest BCUT2D eigenvalue weighted by atomic mass is 32.1. The van der Waals surface area contributed by atoms with Gasteiger partial charge in [-0.1, -0.05) is 13.0 Å². The maximum Gasteiger partial charge on any atom is 0.308 e. The summed E-state index contributed by atoms with van der Waals surface area (Å²) in [4.78, 5) is 31.0. The van der Waals surface area contributed by atoms with Crippen molar-refractivity contribution in [3.63, 3.8) is 0 Å². The molecule has 0 aliphatic heterocycles. The van der Waals surface area contributed by atoms with Crippen molar-refractivity contribution >= 4 is 34.6 Å². The first-order valence-electron chi connectivity index (χ1n) is 7.55. The number of aromatic nitrogens is 1. The van der Waals surface area contributed by atoms with E-state index in [-0.39, 0.29) is 24.9 Å². The number of amides is 1. The van der Waals surface area contributed by atoms with Gasteiger partial charge in [-0.25, -0.2) is 4.98 Å². The van der Waals surface area contributed by atoms with Crippen LogP contribution in [0.2, 0.25) is 0 Å². The molecule has 0 bridgehead atoms. The Balaban J connectivity index is 1.66. The molecule has 3 rings (SSSR count). The average molecular weight is 350 g/mol. The van der Waals surface area contributed by atoms with Gasteiger partial charge in [0.1, 0.15) is 5.01 Å². The molecule has 1 atom stereocenters. The highest BCUT2D eigenvalue weighted by molar-refractivity contribution is 7.20. The van der Waals surface area contributed by atoms with Crippen molar-refractivity contribution in [2.24, 2.45) is 5.92 Å². The van der Waals surface area contributed by atoms with E-state index in [1.807, 2.05) is 22.9 Å². The van der Waals surface area contributed by atoms with Crippen LogP contribution in [-0.2, 0) is 16.0 Å². The van der Waals surface area contributed by atoms with Crippen LogP contribution in [0.25, 0.3) is 9.88 Å². The molecule has 0 spiro atoms. The number of carbonyl (C=O) groups is 2. The smallest absolute Gasteiger partial charge is 0.308 e. The van der Waals surface area contributed by atoms with E-state index in [1.54, 1.807) is 23.2 Å². The lowest BCUT2D eigenvalue weighted by Gasteiger charge is -2.24. The Labute approximate surface area is 142 Å². The molecule has 1 saturated carbocycles. The Morgan fingerprint density at radius 2 is 2.22 bits per heavy atom. The summed E-state index contributed by atoms with van der Waals surface area (Å²) in [7, 11) is 0. The third-order valence-corrected chi connectivity index (χ3v) is 5.75. The minimum absolute atomic E-state index is 0.0244. The molecule has 7 heteroatoms. The van der Waals surface area contributed by atoms with Crippen molar-refractivity contribution in [3.05, 3.63) is 28.6 Å². The molecule has 122 valence electrons. The van der Waals surface area contributed by atoms with Crippen LogP contribution in [0.15, 0.2) is 22.9 Å². The van der Waals surface area contributed by atoms with E-state index in [2.05, 4.69) is 4.98 Å². The molecule has 1 unspecified atom stereocenters. The van der Waals surface area contributed by atoms with E-state index in [4.69, 9.17) is 5.11 Å². The maximum atomic E-state index is 12.5. The second kappa shape index (κ2) is 6.80. The van der Waals surface area contributed by atoms with Gasteiger partial charge in [0.15, 0.2) is 0 Å². The van der Waals surface area contributed by atoms with Crippen LogP contribution in [0, 0.1) is 5.92 Å². The Morgan fingerprint density at radius 3 is 2.83 bits per heavy atom. The summed E-state index contributed by atoms with van der Waals surface area (Å²) in [6.07, 6.45) is 2.18. The molecule has 1 aliphatic carbocycles. The maximum absolute atomic E-state index is 12.5. The van der Waals surface area contributed by atoms with Crippen LogP contribution in [0.5, 0.6) is 0 Å². The summed E-state index contributed by atoms with van der Waals surface area (Å²) in [5.41, 5.74) is 0.761. The molecule has 0 radical (unpaired) electrons. The SMILES string of the molecule is CC(CN(C(=O)Cc1csc(-c2cccs2)n1)C1CC1)C(=O)O. The second-order valence-electron chi connectivity index (χ2n) is 5.81. The molecule has 5 nitrogen and oxygen atoms in total. The first-order chi connectivity index (χ1) is 11.0. The first kappa shape index (κ1) is 16.1. The Hall–Kier alpha value is -1.73. The molecule has 2 heterocycles. The molecule has 2 aromatic rings. The molecule has 0 aromatic carbocycles. The topological polar surface area (TPSA) is 70.5 Å². The van der Waals surface area contributed by atoms with Crippen molar-refractivity contribution in [1.82, 2.24) is 9.88 Å². The van der Waals surface area contributed by atoms with E-state index < -0.39 is 11.9 Å². The van der Waals surface area contributed by atoms with Gasteiger partial charge in [0.05, 0.1) is 22.9 Å². The number of carboxylic acids is 1. The fraction of sp³-hybridized carbons (Fsp3) is 0.438. The fourth-order valence-corrected chi connectivity index (χ4v) is 4.01. The highest BCUT2D eigenvalue weighted by Gasteiger charge is 2.34. The minimum Gasteiger partial charge on any atom is -0.481 e. The lowest BCUT2D eigenvalue weighted by atomic mass is 10.1. The van der Waals surface area contributed by atoms with Gasteiger partial charge in [0, 0.05) is 18.0 Å². The minimum atomic E-state index is -0.864. The third-order valence-electron chi connectivity index (χ3n) is 3.82. The summed E-state index contributed by atoms with van der Waals surface area (Å²) >= 11 is 3.17. The molecule has 1 amide bonds. The average Bonchev–Trinajstić information content (AvgIpc) is 3.01. The molecule has 2 aromatic heterocycles. The number of thiophene rings is 1. The number of carbonyl (C=O) groups excluding carboxylic acids is 1. The molecular weight excluding hydrogens is 332 g/mol. The van der Waals surface area contributed by atoms with E-state index in [1.165, 1.54) is 11.3 Å². The number of nitrogens with zero attached hydrogens (tertiary/aromatic N) is 2. The Morgan fingerprint density at radius 1 is 1.43 bits per heavy atom. The number of carboxylic acid groups (broad SMARTS) is 1. The predicted molar refractivity (Wildman–Crippen MR) is 90.7 cm³/mol. The van der Waals surface area contributed by atoms with E-state index in [0.29, 0.717) is 0 Å². The summed E-state index contributed by atoms with van der Waals surface area (Å²) in [5, 5.41) is 13.9. The zero-order chi connectivity index (χ0) is 16.4. The van der Waals surface area contributed by atoms with Gasteiger partial charge in [0.25, 0.3) is 0 Å². The zero-order valence-electron chi connectivity index (χ0n) is 12.8. The summed E-state index contributed by atoms with van der Waals surface area (Å²) in [5.74, 6) is -1.43.